The highest BCUT2D eigenvalue weighted by Gasteiger charge is 2.27. The van der Waals surface area contributed by atoms with Crippen LogP contribution in [0.5, 0.6) is 0 Å². The number of carbonyl (C=O) groups excluding carboxylic acids is 3. The quantitative estimate of drug-likeness (QED) is 0.667. The number of rotatable bonds is 5. The number of urea groups is 1. The maximum absolute atomic E-state index is 12.7. The number of fused-ring (bicyclic) bond motifs is 1. The van der Waals surface area contributed by atoms with Gasteiger partial charge in [-0.15, -0.1) is 0 Å². The summed E-state index contributed by atoms with van der Waals surface area (Å²) in [5, 5.41) is 6.56. The molecule has 0 saturated carbocycles. The first-order valence-corrected chi connectivity index (χ1v) is 8.92. The van der Waals surface area contributed by atoms with Crippen molar-refractivity contribution in [2.24, 2.45) is 0 Å². The molecule has 3 amide bonds. The van der Waals surface area contributed by atoms with Crippen molar-refractivity contribution < 1.29 is 19.1 Å². The number of amides is 3. The molecule has 0 aliphatic rings. The fourth-order valence-electron chi connectivity index (χ4n) is 2.77. The lowest BCUT2D eigenvalue weighted by atomic mass is 10.1. The fraction of sp³-hybridized carbons (Fsp3) is 0.136. The number of carbonyl (C=O) groups is 3. The zero-order valence-electron chi connectivity index (χ0n) is 15.3. The van der Waals surface area contributed by atoms with Gasteiger partial charge in [-0.2, -0.15) is 0 Å². The van der Waals surface area contributed by atoms with Gasteiger partial charge in [0.25, 0.3) is 5.91 Å². The minimum atomic E-state index is -1.25. The highest BCUT2D eigenvalue weighted by Crippen LogP contribution is 2.22. The smallest absolute Gasteiger partial charge is 0.339 e. The third-order valence-electron chi connectivity index (χ3n) is 4.12. The summed E-state index contributed by atoms with van der Waals surface area (Å²) in [6.07, 6.45) is -1.25. The van der Waals surface area contributed by atoms with Crippen LogP contribution in [0.2, 0.25) is 0 Å². The highest BCUT2D eigenvalue weighted by atomic mass is 16.5. The molecule has 1 atom stereocenters. The van der Waals surface area contributed by atoms with E-state index >= 15 is 0 Å². The van der Waals surface area contributed by atoms with Crippen molar-refractivity contribution in [3.8, 4) is 0 Å². The van der Waals surface area contributed by atoms with Crippen LogP contribution in [0.3, 0.4) is 0 Å². The first kappa shape index (κ1) is 19.1. The maximum Gasteiger partial charge on any atom is 0.339 e. The third kappa shape index (κ3) is 4.54. The Morgan fingerprint density at radius 1 is 0.893 bits per heavy atom. The average Bonchev–Trinajstić information content (AvgIpc) is 2.72. The van der Waals surface area contributed by atoms with Crippen LogP contribution in [0.15, 0.2) is 72.8 Å². The zero-order valence-corrected chi connectivity index (χ0v) is 15.3. The van der Waals surface area contributed by atoms with E-state index in [1.165, 1.54) is 0 Å². The summed E-state index contributed by atoms with van der Waals surface area (Å²) in [4.78, 5) is 37.0. The van der Waals surface area contributed by atoms with Gasteiger partial charge in [-0.1, -0.05) is 60.7 Å². The summed E-state index contributed by atoms with van der Waals surface area (Å²) in [6.45, 7) is 2.10. The van der Waals surface area contributed by atoms with Crippen molar-refractivity contribution in [3.63, 3.8) is 0 Å². The molecule has 0 aromatic heterocycles. The average molecular weight is 376 g/mol. The summed E-state index contributed by atoms with van der Waals surface area (Å²) < 4.78 is 5.48. The van der Waals surface area contributed by atoms with Gasteiger partial charge in [0.2, 0.25) is 6.10 Å². The molecule has 0 spiro atoms. The normalized spacial score (nSPS) is 11.5. The largest absolute Gasteiger partial charge is 0.444 e. The van der Waals surface area contributed by atoms with Gasteiger partial charge in [-0.3, -0.25) is 10.1 Å². The van der Waals surface area contributed by atoms with Crippen molar-refractivity contribution >= 4 is 28.7 Å². The Morgan fingerprint density at radius 2 is 1.57 bits per heavy atom. The molecule has 2 N–H and O–H groups in total. The van der Waals surface area contributed by atoms with Gasteiger partial charge in [0, 0.05) is 12.1 Å². The molecule has 0 aliphatic heterocycles. The summed E-state index contributed by atoms with van der Waals surface area (Å²) in [5.74, 6) is -1.36. The van der Waals surface area contributed by atoms with Crippen molar-refractivity contribution in [1.82, 2.24) is 10.6 Å². The summed E-state index contributed by atoms with van der Waals surface area (Å²) >= 11 is 0. The van der Waals surface area contributed by atoms with E-state index in [0.717, 1.165) is 10.8 Å². The molecule has 0 unspecified atom stereocenters. The second-order valence-electron chi connectivity index (χ2n) is 6.11. The van der Waals surface area contributed by atoms with E-state index in [9.17, 15) is 14.4 Å². The van der Waals surface area contributed by atoms with Crippen LogP contribution < -0.4 is 10.6 Å². The Bertz CT molecular complexity index is 1000. The molecule has 0 aliphatic carbocycles. The van der Waals surface area contributed by atoms with Gasteiger partial charge >= 0.3 is 12.0 Å². The minimum absolute atomic E-state index is 0.324. The van der Waals surface area contributed by atoms with Gasteiger partial charge in [-0.25, -0.2) is 9.59 Å². The van der Waals surface area contributed by atoms with Crippen molar-refractivity contribution in [2.45, 2.75) is 13.0 Å². The van der Waals surface area contributed by atoms with E-state index in [1.807, 2.05) is 30.3 Å². The van der Waals surface area contributed by atoms with Crippen LogP contribution in [-0.2, 0) is 9.53 Å². The Balaban J connectivity index is 1.84. The lowest BCUT2D eigenvalue weighted by Crippen LogP contribution is -2.42. The van der Waals surface area contributed by atoms with E-state index in [-0.39, 0.29) is 0 Å². The van der Waals surface area contributed by atoms with Crippen LogP contribution in [0.25, 0.3) is 10.8 Å². The number of nitrogens with one attached hydrogen (secondary N) is 2. The number of esters is 1. The first-order valence-electron chi connectivity index (χ1n) is 8.92. The Hall–Kier alpha value is -3.67. The number of ether oxygens (including phenoxy) is 1. The van der Waals surface area contributed by atoms with Crippen molar-refractivity contribution in [1.29, 1.82) is 0 Å². The van der Waals surface area contributed by atoms with E-state index in [2.05, 4.69) is 10.6 Å². The van der Waals surface area contributed by atoms with Crippen LogP contribution >= 0.6 is 0 Å². The molecule has 0 bridgehead atoms. The van der Waals surface area contributed by atoms with Crippen LogP contribution in [0.4, 0.5) is 4.79 Å². The lowest BCUT2D eigenvalue weighted by molar-refractivity contribution is -0.129. The molecule has 6 nitrogen and oxygen atoms in total. The van der Waals surface area contributed by atoms with E-state index in [0.29, 0.717) is 17.7 Å². The molecule has 6 heteroatoms. The first-order chi connectivity index (χ1) is 13.6. The maximum atomic E-state index is 12.7. The number of benzene rings is 3. The van der Waals surface area contributed by atoms with E-state index in [1.54, 1.807) is 49.4 Å². The summed E-state index contributed by atoms with van der Waals surface area (Å²) in [7, 11) is 0. The highest BCUT2D eigenvalue weighted by molar-refractivity contribution is 6.00. The number of hydrogen-bond acceptors (Lipinski definition) is 4. The predicted octanol–water partition coefficient (Wildman–Crippen LogP) is 3.58. The topological polar surface area (TPSA) is 84.5 Å². The van der Waals surface area contributed by atoms with Gasteiger partial charge in [-0.05, 0) is 29.8 Å². The monoisotopic (exact) mass is 376 g/mol. The zero-order chi connectivity index (χ0) is 19.9. The molecule has 0 heterocycles. The SMILES string of the molecule is CCNC(=O)NC(=O)[C@H](OC(=O)c1ccc2ccccc2c1)c1ccccc1. The molecule has 3 rings (SSSR count). The lowest BCUT2D eigenvalue weighted by Gasteiger charge is -2.18. The molecule has 0 radical (unpaired) electrons. The van der Waals surface area contributed by atoms with E-state index < -0.39 is 24.0 Å². The van der Waals surface area contributed by atoms with Crippen LogP contribution in [0.1, 0.15) is 28.9 Å². The Labute approximate surface area is 162 Å². The van der Waals surface area contributed by atoms with Gasteiger partial charge in [0.1, 0.15) is 0 Å². The van der Waals surface area contributed by atoms with Crippen LogP contribution in [-0.4, -0.2) is 24.5 Å². The second kappa shape index (κ2) is 8.81. The predicted molar refractivity (Wildman–Crippen MR) is 106 cm³/mol. The summed E-state index contributed by atoms with van der Waals surface area (Å²) in [6, 6.07) is 20.7. The molecule has 3 aromatic carbocycles. The van der Waals surface area contributed by atoms with E-state index in [4.69, 9.17) is 4.74 Å². The number of imide groups is 1. The molecular weight excluding hydrogens is 356 g/mol. The van der Waals surface area contributed by atoms with Crippen LogP contribution in [0, 0.1) is 0 Å². The van der Waals surface area contributed by atoms with Gasteiger partial charge in [0.05, 0.1) is 5.56 Å². The molecule has 3 aromatic rings. The Kier molecular flexibility index (Phi) is 6.01. The second-order valence-corrected chi connectivity index (χ2v) is 6.11. The van der Waals surface area contributed by atoms with Gasteiger partial charge in [0.15, 0.2) is 0 Å². The third-order valence-corrected chi connectivity index (χ3v) is 4.12. The summed E-state index contributed by atoms with van der Waals surface area (Å²) in [5.41, 5.74) is 0.795. The number of hydrogen-bond donors (Lipinski definition) is 2. The van der Waals surface area contributed by atoms with Crippen molar-refractivity contribution in [3.05, 3.63) is 83.9 Å². The Morgan fingerprint density at radius 3 is 2.29 bits per heavy atom. The fourth-order valence-corrected chi connectivity index (χ4v) is 2.77. The molecule has 0 saturated heterocycles. The molecular formula is C22H20N2O4. The van der Waals surface area contributed by atoms with Crippen molar-refractivity contribution in [2.75, 3.05) is 6.54 Å². The molecule has 0 fully saturated rings. The molecule has 28 heavy (non-hydrogen) atoms. The minimum Gasteiger partial charge on any atom is -0.444 e. The molecule has 142 valence electrons. The standard InChI is InChI=1S/C22H20N2O4/c1-2-23-22(27)24-20(25)19(16-9-4-3-5-10-16)28-21(26)18-13-12-15-8-6-7-11-17(15)14-18/h3-14,19H,2H2,1H3,(H2,23,24,25,27)/t19-/m1/s1. The van der Waals surface area contributed by atoms with Gasteiger partial charge < -0.3 is 10.1 Å².